The van der Waals surface area contributed by atoms with Gasteiger partial charge in [0.15, 0.2) is 0 Å². The Balaban J connectivity index is 2.10. The summed E-state index contributed by atoms with van der Waals surface area (Å²) in [5, 5.41) is 0.760. The molecule has 0 atom stereocenters. The second-order valence-electron chi connectivity index (χ2n) is 4.04. The molecule has 18 heavy (non-hydrogen) atoms. The van der Waals surface area contributed by atoms with Crippen LogP contribution < -0.4 is 5.73 Å². The van der Waals surface area contributed by atoms with Crippen LogP contribution in [-0.4, -0.2) is 16.5 Å². The van der Waals surface area contributed by atoms with Gasteiger partial charge < -0.3 is 15.1 Å². The minimum absolute atomic E-state index is 0.285. The molecule has 0 unspecified atom stereocenters. The lowest BCUT2D eigenvalue weighted by Crippen LogP contribution is -2.01. The second-order valence-corrected chi connectivity index (χ2v) is 4.04. The van der Waals surface area contributed by atoms with Crippen LogP contribution in [-0.2, 0) is 6.42 Å². The van der Waals surface area contributed by atoms with Gasteiger partial charge in [-0.3, -0.25) is 0 Å². The Kier molecular flexibility index (Phi) is 2.60. The van der Waals surface area contributed by atoms with Crippen molar-refractivity contribution in [2.75, 3.05) is 6.54 Å². The van der Waals surface area contributed by atoms with Crippen LogP contribution in [0.15, 0.2) is 35.0 Å². The zero-order chi connectivity index (χ0) is 12.5. The topological polar surface area (TPSA) is 67.8 Å². The molecule has 0 saturated carbocycles. The molecule has 0 aliphatic heterocycles. The molecule has 1 aromatic carbocycles. The lowest BCUT2D eigenvalue weighted by Gasteiger charge is -1.94. The predicted molar refractivity (Wildman–Crippen MR) is 66.5 cm³/mol. The van der Waals surface area contributed by atoms with Crippen LogP contribution >= 0.6 is 0 Å². The number of nitrogens with one attached hydrogen (secondary N) is 1. The third-order valence-electron chi connectivity index (χ3n) is 2.84. The highest BCUT2D eigenvalue weighted by Gasteiger charge is 2.13. The van der Waals surface area contributed by atoms with Crippen LogP contribution in [0.1, 0.15) is 5.76 Å². The van der Waals surface area contributed by atoms with Gasteiger partial charge in [0.2, 0.25) is 5.89 Å². The van der Waals surface area contributed by atoms with Crippen molar-refractivity contribution in [2.24, 2.45) is 5.73 Å². The number of rotatable bonds is 3. The maximum Gasteiger partial charge on any atom is 0.228 e. The highest BCUT2D eigenvalue weighted by Crippen LogP contribution is 2.29. The van der Waals surface area contributed by atoms with Crippen molar-refractivity contribution in [1.82, 2.24) is 9.97 Å². The van der Waals surface area contributed by atoms with Gasteiger partial charge in [-0.1, -0.05) is 12.1 Å². The molecule has 92 valence electrons. The standard InChI is InChI=1S/C13H12FN3O/c14-11-3-1-2-9-10(7-16-12(9)11)13-17-6-8(18-13)4-5-15/h1-3,6-7,16H,4-5,15H2. The van der Waals surface area contributed by atoms with Gasteiger partial charge in [0.05, 0.1) is 17.3 Å². The van der Waals surface area contributed by atoms with Crippen molar-refractivity contribution in [3.05, 3.63) is 42.2 Å². The fourth-order valence-electron chi connectivity index (χ4n) is 1.98. The minimum Gasteiger partial charge on any atom is -0.441 e. The van der Waals surface area contributed by atoms with Crippen molar-refractivity contribution >= 4 is 10.9 Å². The van der Waals surface area contributed by atoms with Gasteiger partial charge in [-0.05, 0) is 12.6 Å². The molecule has 0 radical (unpaired) electrons. The molecule has 4 nitrogen and oxygen atoms in total. The second kappa shape index (κ2) is 4.27. The van der Waals surface area contributed by atoms with Crippen molar-refractivity contribution in [2.45, 2.75) is 6.42 Å². The van der Waals surface area contributed by atoms with Gasteiger partial charge in [0.25, 0.3) is 0 Å². The summed E-state index contributed by atoms with van der Waals surface area (Å²) in [4.78, 5) is 7.09. The number of hydrogen-bond donors (Lipinski definition) is 2. The van der Waals surface area contributed by atoms with Gasteiger partial charge in [0, 0.05) is 18.0 Å². The molecule has 0 bridgehead atoms. The van der Waals surface area contributed by atoms with Crippen molar-refractivity contribution < 1.29 is 8.81 Å². The van der Waals surface area contributed by atoms with Crippen molar-refractivity contribution in [3.8, 4) is 11.5 Å². The predicted octanol–water partition coefficient (Wildman–Crippen LogP) is 2.46. The number of aromatic amines is 1. The molecule has 2 aromatic heterocycles. The number of benzene rings is 1. The summed E-state index contributed by atoms with van der Waals surface area (Å²) in [6.45, 7) is 0.511. The molecule has 0 aliphatic carbocycles. The maximum absolute atomic E-state index is 13.5. The number of hydrogen-bond acceptors (Lipinski definition) is 3. The van der Waals surface area contributed by atoms with E-state index in [4.69, 9.17) is 10.2 Å². The van der Waals surface area contributed by atoms with E-state index in [1.807, 2.05) is 6.07 Å². The van der Waals surface area contributed by atoms with E-state index in [1.165, 1.54) is 6.07 Å². The maximum atomic E-state index is 13.5. The molecule has 0 spiro atoms. The smallest absolute Gasteiger partial charge is 0.228 e. The number of oxazole rings is 1. The normalized spacial score (nSPS) is 11.2. The van der Waals surface area contributed by atoms with E-state index in [2.05, 4.69) is 9.97 Å². The van der Waals surface area contributed by atoms with Gasteiger partial charge >= 0.3 is 0 Å². The highest BCUT2D eigenvalue weighted by atomic mass is 19.1. The molecule has 0 fully saturated rings. The summed E-state index contributed by atoms with van der Waals surface area (Å²) in [6, 6.07) is 4.91. The fraction of sp³-hybridized carbons (Fsp3) is 0.154. The molecule has 0 amide bonds. The Morgan fingerprint density at radius 1 is 1.39 bits per heavy atom. The largest absolute Gasteiger partial charge is 0.441 e. The van der Waals surface area contributed by atoms with E-state index < -0.39 is 0 Å². The lowest BCUT2D eigenvalue weighted by molar-refractivity contribution is 0.519. The van der Waals surface area contributed by atoms with E-state index >= 15 is 0 Å². The van der Waals surface area contributed by atoms with Gasteiger partial charge in [-0.15, -0.1) is 0 Å². The zero-order valence-corrected chi connectivity index (χ0v) is 9.61. The van der Waals surface area contributed by atoms with Gasteiger partial charge in [-0.2, -0.15) is 0 Å². The monoisotopic (exact) mass is 245 g/mol. The van der Waals surface area contributed by atoms with Crippen molar-refractivity contribution in [3.63, 3.8) is 0 Å². The Hall–Kier alpha value is -2.14. The molecular weight excluding hydrogens is 233 g/mol. The summed E-state index contributed by atoms with van der Waals surface area (Å²) < 4.78 is 19.1. The first kappa shape index (κ1) is 11.0. The molecule has 2 heterocycles. The SMILES string of the molecule is NCCc1cnc(-c2c[nH]c3c(F)cccc23)o1. The Morgan fingerprint density at radius 2 is 2.28 bits per heavy atom. The lowest BCUT2D eigenvalue weighted by atomic mass is 10.2. The van der Waals surface area contributed by atoms with Crippen molar-refractivity contribution in [1.29, 1.82) is 0 Å². The van der Waals surface area contributed by atoms with Crippen LogP contribution in [0.3, 0.4) is 0 Å². The number of nitrogens with zero attached hydrogens (tertiary/aromatic N) is 1. The summed E-state index contributed by atoms with van der Waals surface area (Å²) in [5.74, 6) is 0.932. The molecule has 5 heteroatoms. The first-order valence-electron chi connectivity index (χ1n) is 5.70. The molecule has 0 saturated heterocycles. The van der Waals surface area contributed by atoms with E-state index in [0.29, 0.717) is 24.4 Å². The molecule has 3 rings (SSSR count). The Labute approximate surface area is 103 Å². The molecule has 0 aliphatic rings. The number of fused-ring (bicyclic) bond motifs is 1. The highest BCUT2D eigenvalue weighted by molar-refractivity contribution is 5.93. The third kappa shape index (κ3) is 1.69. The number of halogens is 1. The van der Waals surface area contributed by atoms with Crippen LogP contribution in [0.5, 0.6) is 0 Å². The number of nitrogens with two attached hydrogens (primary N) is 1. The van der Waals surface area contributed by atoms with E-state index in [1.54, 1.807) is 18.5 Å². The number of H-pyrrole nitrogens is 1. The molecule has 3 N–H and O–H groups in total. The van der Waals surface area contributed by atoms with Gasteiger partial charge in [0.1, 0.15) is 11.6 Å². The number of para-hydroxylation sites is 1. The summed E-state index contributed by atoms with van der Waals surface area (Å²) in [6.07, 6.45) is 4.00. The zero-order valence-electron chi connectivity index (χ0n) is 9.61. The van der Waals surface area contributed by atoms with Crippen LogP contribution in [0.2, 0.25) is 0 Å². The first-order valence-corrected chi connectivity index (χ1v) is 5.70. The van der Waals surface area contributed by atoms with E-state index in [0.717, 1.165) is 16.7 Å². The quantitative estimate of drug-likeness (QED) is 0.744. The third-order valence-corrected chi connectivity index (χ3v) is 2.84. The van der Waals surface area contributed by atoms with E-state index in [-0.39, 0.29) is 5.82 Å². The Bertz CT molecular complexity index is 686. The first-order chi connectivity index (χ1) is 8.79. The number of aromatic nitrogens is 2. The Morgan fingerprint density at radius 3 is 3.11 bits per heavy atom. The van der Waals surface area contributed by atoms with Crippen LogP contribution in [0.25, 0.3) is 22.4 Å². The average molecular weight is 245 g/mol. The van der Waals surface area contributed by atoms with Crippen LogP contribution in [0.4, 0.5) is 4.39 Å². The van der Waals surface area contributed by atoms with Crippen LogP contribution in [0, 0.1) is 5.82 Å². The summed E-state index contributed by atoms with van der Waals surface area (Å²) in [7, 11) is 0. The van der Waals surface area contributed by atoms with Gasteiger partial charge in [-0.25, -0.2) is 9.37 Å². The average Bonchev–Trinajstić information content (AvgIpc) is 2.96. The van der Waals surface area contributed by atoms with E-state index in [9.17, 15) is 4.39 Å². The molecular formula is C13H12FN3O. The fourth-order valence-corrected chi connectivity index (χ4v) is 1.98. The summed E-state index contributed by atoms with van der Waals surface area (Å²) in [5.41, 5.74) is 6.68. The summed E-state index contributed by atoms with van der Waals surface area (Å²) >= 11 is 0. The minimum atomic E-state index is -0.285. The molecule has 3 aromatic rings.